The molecule has 0 aliphatic heterocycles. The van der Waals surface area contributed by atoms with Gasteiger partial charge in [-0.15, -0.1) is 0 Å². The van der Waals surface area contributed by atoms with Gasteiger partial charge in [0, 0.05) is 16.6 Å². The van der Waals surface area contributed by atoms with Crippen molar-refractivity contribution in [3.8, 4) is 17.1 Å². The maximum absolute atomic E-state index is 9.54. The minimum Gasteiger partial charge on any atom is -0.508 e. The highest BCUT2D eigenvalue weighted by Gasteiger charge is 2.17. The number of aromatic amines is 1. The van der Waals surface area contributed by atoms with Gasteiger partial charge in [0.15, 0.2) is 5.76 Å². The van der Waals surface area contributed by atoms with Crippen LogP contribution in [0, 0.1) is 6.92 Å². The van der Waals surface area contributed by atoms with Crippen molar-refractivity contribution in [1.82, 2.24) is 10.1 Å². The van der Waals surface area contributed by atoms with Crippen LogP contribution in [0.25, 0.3) is 22.2 Å². The predicted octanol–water partition coefficient (Wildman–Crippen LogP) is 2.42. The van der Waals surface area contributed by atoms with Gasteiger partial charge in [0.1, 0.15) is 11.4 Å². The van der Waals surface area contributed by atoms with E-state index >= 15 is 0 Å². The molecule has 0 bridgehead atoms. The van der Waals surface area contributed by atoms with Crippen molar-refractivity contribution in [2.24, 2.45) is 0 Å². The Morgan fingerprint density at radius 1 is 1.41 bits per heavy atom. The van der Waals surface area contributed by atoms with Crippen molar-refractivity contribution < 1.29 is 9.63 Å². The first kappa shape index (κ1) is 9.77. The lowest BCUT2D eigenvalue weighted by molar-refractivity contribution is 0.432. The zero-order chi connectivity index (χ0) is 12.0. The summed E-state index contributed by atoms with van der Waals surface area (Å²) >= 11 is 0. The minimum absolute atomic E-state index is 0.204. The van der Waals surface area contributed by atoms with Crippen molar-refractivity contribution in [1.29, 1.82) is 0 Å². The number of aromatic nitrogens is 2. The van der Waals surface area contributed by atoms with E-state index in [9.17, 15) is 5.11 Å². The number of nitrogens with two attached hydrogens (primary N) is 1. The summed E-state index contributed by atoms with van der Waals surface area (Å²) in [5, 5.41) is 14.1. The molecule has 0 saturated carbocycles. The van der Waals surface area contributed by atoms with Crippen molar-refractivity contribution in [3.05, 3.63) is 30.1 Å². The van der Waals surface area contributed by atoms with Gasteiger partial charge in [0.05, 0.1) is 11.8 Å². The number of hydrogen-bond donors (Lipinski definition) is 3. The Kier molecular flexibility index (Phi) is 1.89. The van der Waals surface area contributed by atoms with Crippen LogP contribution in [0.4, 0.5) is 5.69 Å². The molecule has 0 spiro atoms. The molecule has 17 heavy (non-hydrogen) atoms. The van der Waals surface area contributed by atoms with Gasteiger partial charge >= 0.3 is 0 Å². The Morgan fingerprint density at radius 2 is 2.24 bits per heavy atom. The first-order chi connectivity index (χ1) is 8.16. The number of phenolic OH excluding ortho intramolecular Hbond substituents is 1. The second-order valence-electron chi connectivity index (χ2n) is 3.97. The molecule has 0 unspecified atom stereocenters. The number of aryl methyl sites for hydroxylation is 1. The number of benzene rings is 1. The van der Waals surface area contributed by atoms with Crippen LogP contribution in [0.1, 0.15) is 5.69 Å². The van der Waals surface area contributed by atoms with E-state index in [1.165, 1.54) is 6.20 Å². The van der Waals surface area contributed by atoms with Crippen molar-refractivity contribution in [2.75, 3.05) is 5.73 Å². The van der Waals surface area contributed by atoms with E-state index in [-0.39, 0.29) is 5.75 Å². The molecule has 3 aromatic rings. The highest BCUT2D eigenvalue weighted by atomic mass is 16.5. The summed E-state index contributed by atoms with van der Waals surface area (Å²) in [4.78, 5) is 3.22. The van der Waals surface area contributed by atoms with Crippen LogP contribution in [0.2, 0.25) is 0 Å². The first-order valence-electron chi connectivity index (χ1n) is 5.18. The van der Waals surface area contributed by atoms with Crippen molar-refractivity contribution in [3.63, 3.8) is 0 Å². The third-order valence-corrected chi connectivity index (χ3v) is 2.79. The number of rotatable bonds is 1. The first-order valence-corrected chi connectivity index (χ1v) is 5.18. The monoisotopic (exact) mass is 229 g/mol. The molecule has 3 rings (SSSR count). The smallest absolute Gasteiger partial charge is 0.192 e. The van der Waals surface area contributed by atoms with Crippen LogP contribution in [-0.2, 0) is 0 Å². The van der Waals surface area contributed by atoms with Crippen LogP contribution >= 0.6 is 0 Å². The lowest BCUT2D eigenvalue weighted by atomic mass is 10.1. The van der Waals surface area contributed by atoms with Gasteiger partial charge < -0.3 is 20.3 Å². The summed E-state index contributed by atoms with van der Waals surface area (Å²) < 4.78 is 5.16. The number of nitrogens with zero attached hydrogens (tertiary/aromatic N) is 1. The molecule has 1 aromatic carbocycles. The van der Waals surface area contributed by atoms with Gasteiger partial charge in [-0.2, -0.15) is 0 Å². The molecule has 0 aliphatic carbocycles. The van der Waals surface area contributed by atoms with Crippen LogP contribution in [-0.4, -0.2) is 15.2 Å². The van der Waals surface area contributed by atoms with Gasteiger partial charge in [-0.3, -0.25) is 0 Å². The van der Waals surface area contributed by atoms with E-state index < -0.39 is 0 Å². The number of nitrogen functional groups attached to an aromatic ring is 1. The summed E-state index contributed by atoms with van der Waals surface area (Å²) in [6.07, 6.45) is 1.47. The SMILES string of the molecule is Cc1[nH]c2ccc(O)cc2c1-c1oncc1N. The third kappa shape index (κ3) is 1.36. The molecule has 0 amide bonds. The number of nitrogens with one attached hydrogen (secondary N) is 1. The van der Waals surface area contributed by atoms with E-state index in [0.717, 1.165) is 22.2 Å². The Balaban J connectivity index is 2.39. The van der Waals surface area contributed by atoms with E-state index in [4.69, 9.17) is 10.3 Å². The Bertz CT molecular complexity index is 697. The van der Waals surface area contributed by atoms with Gasteiger partial charge in [0.2, 0.25) is 0 Å². The number of phenols is 1. The average Bonchev–Trinajstić information content (AvgIpc) is 2.81. The third-order valence-electron chi connectivity index (χ3n) is 2.79. The number of fused-ring (bicyclic) bond motifs is 1. The van der Waals surface area contributed by atoms with Crippen molar-refractivity contribution in [2.45, 2.75) is 6.92 Å². The molecule has 0 saturated heterocycles. The summed E-state index contributed by atoms with van der Waals surface area (Å²) in [5.41, 5.74) is 8.97. The zero-order valence-corrected chi connectivity index (χ0v) is 9.19. The van der Waals surface area contributed by atoms with Crippen LogP contribution in [0.15, 0.2) is 28.9 Å². The molecule has 0 aliphatic rings. The summed E-state index contributed by atoms with van der Waals surface area (Å²) in [7, 11) is 0. The second kappa shape index (κ2) is 3.28. The molecule has 5 heteroatoms. The molecule has 2 aromatic heterocycles. The summed E-state index contributed by atoms with van der Waals surface area (Å²) in [6, 6.07) is 5.12. The minimum atomic E-state index is 0.204. The number of H-pyrrole nitrogens is 1. The molecule has 86 valence electrons. The summed E-state index contributed by atoms with van der Waals surface area (Å²) in [5.74, 6) is 0.732. The Hall–Kier alpha value is -2.43. The molecular weight excluding hydrogens is 218 g/mol. The van der Waals surface area contributed by atoms with Crippen LogP contribution < -0.4 is 5.73 Å². The topological polar surface area (TPSA) is 88.1 Å². The van der Waals surface area contributed by atoms with E-state index in [0.29, 0.717) is 11.4 Å². The molecule has 0 radical (unpaired) electrons. The Labute approximate surface area is 96.8 Å². The lowest BCUT2D eigenvalue weighted by Gasteiger charge is -1.98. The number of anilines is 1. The average molecular weight is 229 g/mol. The van der Waals surface area contributed by atoms with Gasteiger partial charge in [-0.05, 0) is 25.1 Å². The largest absolute Gasteiger partial charge is 0.508 e. The highest BCUT2D eigenvalue weighted by Crippen LogP contribution is 2.36. The standard InChI is InChI=1S/C12H11N3O2/c1-6-11(12-9(13)5-14-17-12)8-4-7(16)2-3-10(8)15-6/h2-5,15-16H,13H2,1H3. The number of hydrogen-bond acceptors (Lipinski definition) is 4. The highest BCUT2D eigenvalue weighted by molar-refractivity contribution is 5.98. The quantitative estimate of drug-likeness (QED) is 0.598. The number of aromatic hydroxyl groups is 1. The maximum atomic E-state index is 9.54. The fraction of sp³-hybridized carbons (Fsp3) is 0.0833. The van der Waals surface area contributed by atoms with Crippen LogP contribution in [0.5, 0.6) is 5.75 Å². The maximum Gasteiger partial charge on any atom is 0.192 e. The molecular formula is C12H11N3O2. The molecule has 5 nitrogen and oxygen atoms in total. The van der Waals surface area contributed by atoms with Gasteiger partial charge in [-0.1, -0.05) is 5.16 Å². The van der Waals surface area contributed by atoms with Crippen molar-refractivity contribution >= 4 is 16.6 Å². The molecule has 4 N–H and O–H groups in total. The lowest BCUT2D eigenvalue weighted by Crippen LogP contribution is -1.85. The van der Waals surface area contributed by atoms with Gasteiger partial charge in [-0.25, -0.2) is 0 Å². The van der Waals surface area contributed by atoms with Crippen LogP contribution in [0.3, 0.4) is 0 Å². The van der Waals surface area contributed by atoms with E-state index in [2.05, 4.69) is 10.1 Å². The zero-order valence-electron chi connectivity index (χ0n) is 9.19. The predicted molar refractivity (Wildman–Crippen MR) is 64.6 cm³/mol. The summed E-state index contributed by atoms with van der Waals surface area (Å²) in [6.45, 7) is 1.92. The van der Waals surface area contributed by atoms with E-state index in [1.807, 2.05) is 13.0 Å². The van der Waals surface area contributed by atoms with Gasteiger partial charge in [0.25, 0.3) is 0 Å². The fourth-order valence-corrected chi connectivity index (χ4v) is 2.04. The fourth-order valence-electron chi connectivity index (χ4n) is 2.04. The second-order valence-corrected chi connectivity index (χ2v) is 3.97. The Morgan fingerprint density at radius 3 is 2.94 bits per heavy atom. The molecule has 0 fully saturated rings. The molecule has 2 heterocycles. The molecule has 0 atom stereocenters. The van der Waals surface area contributed by atoms with E-state index in [1.54, 1.807) is 12.1 Å². The normalized spacial score (nSPS) is 11.1.